The van der Waals surface area contributed by atoms with Gasteiger partial charge in [-0.25, -0.2) is 8.42 Å². The smallest absolute Gasteiger partial charge is 0.253 e. The average molecular weight is 496 g/mol. The van der Waals surface area contributed by atoms with Gasteiger partial charge in [-0.2, -0.15) is 0 Å². The Kier molecular flexibility index (Phi) is 7.44. The van der Waals surface area contributed by atoms with Gasteiger partial charge in [-0.05, 0) is 36.4 Å². The van der Waals surface area contributed by atoms with Crippen molar-refractivity contribution in [2.45, 2.75) is 6.54 Å². The Hall–Kier alpha value is -3.01. The van der Waals surface area contributed by atoms with Gasteiger partial charge in [-0.1, -0.05) is 41.4 Å². The summed E-state index contributed by atoms with van der Waals surface area (Å²) in [6.07, 6.45) is 2.45. The van der Waals surface area contributed by atoms with E-state index in [4.69, 9.17) is 27.6 Å². The molecule has 11 heteroatoms. The van der Waals surface area contributed by atoms with Crippen LogP contribution in [-0.4, -0.2) is 33.0 Å². The van der Waals surface area contributed by atoms with Crippen LogP contribution < -0.4 is 14.9 Å². The van der Waals surface area contributed by atoms with Crippen LogP contribution in [0.1, 0.15) is 16.1 Å². The zero-order chi connectivity index (χ0) is 23.3. The number of amides is 2. The third kappa shape index (κ3) is 5.82. The first-order chi connectivity index (χ1) is 15.2. The average Bonchev–Trinajstić information content (AvgIpc) is 3.26. The van der Waals surface area contributed by atoms with Gasteiger partial charge in [-0.3, -0.25) is 13.9 Å². The van der Waals surface area contributed by atoms with Gasteiger partial charge in [0.15, 0.2) is 0 Å². The standard InChI is InChI=1S/C21H19Cl2N3O5S/c1-32(29,30)26(18-10-4-8-16(22)20(18)23)13-19(27)25-17-9-3-2-7-15(17)21(28)24-12-14-6-5-11-31-14/h2-11H,12-13H2,1H3,(H,24,28)(H,25,27). The Balaban J connectivity index is 1.77. The van der Waals surface area contributed by atoms with Crippen molar-refractivity contribution in [2.75, 3.05) is 22.4 Å². The molecular formula is C21H19Cl2N3O5S. The Morgan fingerprint density at radius 1 is 1.03 bits per heavy atom. The second-order valence-corrected chi connectivity index (χ2v) is 9.39. The Morgan fingerprint density at radius 3 is 2.47 bits per heavy atom. The first kappa shape index (κ1) is 23.6. The summed E-state index contributed by atoms with van der Waals surface area (Å²) in [5, 5.41) is 5.44. The molecule has 0 spiro atoms. The third-order valence-corrected chi connectivity index (χ3v) is 6.27. The van der Waals surface area contributed by atoms with Crippen molar-refractivity contribution in [2.24, 2.45) is 0 Å². The summed E-state index contributed by atoms with van der Waals surface area (Å²) in [5.74, 6) is -0.532. The van der Waals surface area contributed by atoms with Crippen LogP contribution in [0.4, 0.5) is 11.4 Å². The van der Waals surface area contributed by atoms with Crippen molar-refractivity contribution < 1.29 is 22.4 Å². The van der Waals surface area contributed by atoms with E-state index >= 15 is 0 Å². The summed E-state index contributed by atoms with van der Waals surface area (Å²) in [5.41, 5.74) is 0.500. The van der Waals surface area contributed by atoms with Crippen molar-refractivity contribution in [3.63, 3.8) is 0 Å². The van der Waals surface area contributed by atoms with Crippen molar-refractivity contribution in [3.8, 4) is 0 Å². The molecule has 0 aliphatic rings. The summed E-state index contributed by atoms with van der Waals surface area (Å²) in [4.78, 5) is 25.3. The van der Waals surface area contributed by atoms with Crippen molar-refractivity contribution in [1.82, 2.24) is 5.32 Å². The minimum absolute atomic E-state index is 0.00472. The van der Waals surface area contributed by atoms with Crippen molar-refractivity contribution in [1.29, 1.82) is 0 Å². The van der Waals surface area contributed by atoms with E-state index in [9.17, 15) is 18.0 Å². The lowest BCUT2D eigenvalue weighted by molar-refractivity contribution is -0.114. The fourth-order valence-electron chi connectivity index (χ4n) is 2.85. The summed E-state index contributed by atoms with van der Waals surface area (Å²) in [6, 6.07) is 14.3. The topological polar surface area (TPSA) is 109 Å². The molecule has 0 unspecified atom stereocenters. The summed E-state index contributed by atoms with van der Waals surface area (Å²) in [6.45, 7) is -0.398. The van der Waals surface area contributed by atoms with Crippen molar-refractivity contribution in [3.05, 3.63) is 82.2 Å². The van der Waals surface area contributed by atoms with Gasteiger partial charge in [0, 0.05) is 0 Å². The van der Waals surface area contributed by atoms with Gasteiger partial charge in [0.25, 0.3) is 5.91 Å². The Bertz CT molecular complexity index is 1230. The number of anilines is 2. The molecule has 168 valence electrons. The van der Waals surface area contributed by atoms with Gasteiger partial charge in [0.1, 0.15) is 12.3 Å². The molecule has 0 aliphatic carbocycles. The van der Waals surface area contributed by atoms with E-state index in [1.54, 1.807) is 24.3 Å². The van der Waals surface area contributed by atoms with E-state index in [0.29, 0.717) is 5.76 Å². The maximum atomic E-state index is 12.7. The quantitative estimate of drug-likeness (QED) is 0.492. The predicted molar refractivity (Wildman–Crippen MR) is 124 cm³/mol. The fourth-order valence-corrected chi connectivity index (χ4v) is 4.16. The van der Waals surface area contributed by atoms with Crippen LogP contribution in [-0.2, 0) is 21.4 Å². The molecule has 1 heterocycles. The minimum Gasteiger partial charge on any atom is -0.467 e. The molecule has 0 radical (unpaired) electrons. The second kappa shape index (κ2) is 10.1. The summed E-state index contributed by atoms with van der Waals surface area (Å²) >= 11 is 12.1. The molecule has 32 heavy (non-hydrogen) atoms. The number of carbonyl (C=O) groups is 2. The number of carbonyl (C=O) groups excluding carboxylic acids is 2. The first-order valence-corrected chi connectivity index (χ1v) is 11.9. The van der Waals surface area contributed by atoms with E-state index in [0.717, 1.165) is 10.6 Å². The van der Waals surface area contributed by atoms with E-state index in [2.05, 4.69) is 10.6 Å². The lowest BCUT2D eigenvalue weighted by atomic mass is 10.1. The number of rotatable bonds is 8. The van der Waals surface area contributed by atoms with E-state index in [1.165, 1.54) is 36.6 Å². The van der Waals surface area contributed by atoms with E-state index in [-0.39, 0.29) is 33.5 Å². The number of nitrogens with one attached hydrogen (secondary N) is 2. The highest BCUT2D eigenvalue weighted by Gasteiger charge is 2.24. The number of sulfonamides is 1. The van der Waals surface area contributed by atoms with Crippen LogP contribution in [0.3, 0.4) is 0 Å². The lowest BCUT2D eigenvalue weighted by Crippen LogP contribution is -2.38. The highest BCUT2D eigenvalue weighted by Crippen LogP contribution is 2.33. The number of nitrogens with zero attached hydrogens (tertiary/aromatic N) is 1. The fraction of sp³-hybridized carbons (Fsp3) is 0.143. The molecule has 1 aromatic heterocycles. The molecule has 8 nitrogen and oxygen atoms in total. The zero-order valence-electron chi connectivity index (χ0n) is 16.8. The minimum atomic E-state index is -3.87. The number of hydrogen-bond donors (Lipinski definition) is 2. The molecule has 0 atom stereocenters. The van der Waals surface area contributed by atoms with Crippen LogP contribution in [0.15, 0.2) is 65.3 Å². The molecular weight excluding hydrogens is 477 g/mol. The normalized spacial score (nSPS) is 11.1. The van der Waals surface area contributed by atoms with Crippen LogP contribution in [0.25, 0.3) is 0 Å². The number of para-hydroxylation sites is 1. The van der Waals surface area contributed by atoms with E-state index in [1.807, 2.05) is 0 Å². The van der Waals surface area contributed by atoms with Crippen LogP contribution in [0.2, 0.25) is 10.0 Å². The maximum absolute atomic E-state index is 12.7. The van der Waals surface area contributed by atoms with Crippen LogP contribution >= 0.6 is 23.2 Å². The number of hydrogen-bond acceptors (Lipinski definition) is 5. The molecule has 2 aromatic carbocycles. The van der Waals surface area contributed by atoms with Crippen LogP contribution in [0, 0.1) is 0 Å². The SMILES string of the molecule is CS(=O)(=O)N(CC(=O)Nc1ccccc1C(=O)NCc1ccco1)c1cccc(Cl)c1Cl. The molecule has 3 rings (SSSR count). The zero-order valence-corrected chi connectivity index (χ0v) is 19.2. The maximum Gasteiger partial charge on any atom is 0.253 e. The monoisotopic (exact) mass is 495 g/mol. The number of furan rings is 1. The molecule has 0 saturated heterocycles. The summed E-state index contributed by atoms with van der Waals surface area (Å²) < 4.78 is 30.7. The predicted octanol–water partition coefficient (Wildman–Crippen LogP) is 3.92. The largest absolute Gasteiger partial charge is 0.467 e. The Morgan fingerprint density at radius 2 is 1.78 bits per heavy atom. The molecule has 0 bridgehead atoms. The van der Waals surface area contributed by atoms with Gasteiger partial charge >= 0.3 is 0 Å². The lowest BCUT2D eigenvalue weighted by Gasteiger charge is -2.23. The van der Waals surface area contributed by atoms with E-state index < -0.39 is 28.4 Å². The molecule has 2 amide bonds. The highest BCUT2D eigenvalue weighted by atomic mass is 35.5. The third-order valence-electron chi connectivity index (χ3n) is 4.34. The highest BCUT2D eigenvalue weighted by molar-refractivity contribution is 7.92. The van der Waals surface area contributed by atoms with Crippen LogP contribution in [0.5, 0.6) is 0 Å². The number of halogens is 2. The van der Waals surface area contributed by atoms with Crippen molar-refractivity contribution >= 4 is 56.4 Å². The van der Waals surface area contributed by atoms with Gasteiger partial charge < -0.3 is 15.1 Å². The van der Waals surface area contributed by atoms with Gasteiger partial charge in [0.05, 0.1) is 46.0 Å². The number of benzene rings is 2. The first-order valence-electron chi connectivity index (χ1n) is 9.28. The molecule has 3 aromatic rings. The molecule has 2 N–H and O–H groups in total. The summed E-state index contributed by atoms with van der Waals surface area (Å²) in [7, 11) is -3.87. The Labute approximate surface area is 195 Å². The van der Waals surface area contributed by atoms with Gasteiger partial charge in [-0.15, -0.1) is 0 Å². The molecule has 0 fully saturated rings. The van der Waals surface area contributed by atoms with Gasteiger partial charge in [0.2, 0.25) is 15.9 Å². The second-order valence-electron chi connectivity index (χ2n) is 6.70. The molecule has 0 aliphatic heterocycles. The molecule has 0 saturated carbocycles.